The van der Waals surface area contributed by atoms with Gasteiger partial charge < -0.3 is 0 Å². The van der Waals surface area contributed by atoms with Crippen molar-refractivity contribution >= 4 is 22.3 Å². The zero-order valence-electron chi connectivity index (χ0n) is 9.50. The molecule has 0 nitrogen and oxygen atoms in total. The first kappa shape index (κ1) is 11.7. The maximum atomic E-state index is 2.62. The third-order valence-electron chi connectivity index (χ3n) is 3.75. The fraction of sp³-hybridized carbons (Fsp3) is 1.00. The van der Waals surface area contributed by atoms with Gasteiger partial charge in [0, 0.05) is 22.3 Å². The zero-order valence-corrected chi connectivity index (χ0v) is 12.5. The minimum atomic E-state index is -0.829. The number of hydrogen-bond donors (Lipinski definition) is 0. The van der Waals surface area contributed by atoms with E-state index in [0.717, 1.165) is 0 Å². The van der Waals surface area contributed by atoms with Gasteiger partial charge in [-0.2, -0.15) is 0 Å². The molecule has 0 fully saturated rings. The Balaban J connectivity index is 4.75. The molecule has 0 saturated heterocycles. The Labute approximate surface area is 75.0 Å². The van der Waals surface area contributed by atoms with Gasteiger partial charge in [-0.15, -0.1) is 0 Å². The largest absolute Gasteiger partial charge is 0.0731 e. The summed E-state index contributed by atoms with van der Waals surface area (Å²) in [5.74, 6) is 0. The highest BCUT2D eigenvalue weighted by atomic mass is 29.6. The van der Waals surface area contributed by atoms with Crippen LogP contribution in [0.15, 0.2) is 0 Å². The normalized spacial score (nSPS) is 15.3. The van der Waals surface area contributed by atoms with Gasteiger partial charge in [0.1, 0.15) is 0 Å². The van der Waals surface area contributed by atoms with Crippen LogP contribution in [0.2, 0.25) is 52.4 Å². The van der Waals surface area contributed by atoms with E-state index < -0.39 is 22.3 Å². The molecule has 0 heterocycles. The fourth-order valence-electron chi connectivity index (χ4n) is 1.12. The summed E-state index contributed by atoms with van der Waals surface area (Å²) in [7, 11) is -2.47. The van der Waals surface area contributed by atoms with Gasteiger partial charge in [0.25, 0.3) is 0 Å². The molecular formula is C8H24Si3. The molecule has 0 rings (SSSR count). The molecule has 0 aromatic rings. The van der Waals surface area contributed by atoms with Crippen molar-refractivity contribution in [2.75, 3.05) is 0 Å². The lowest BCUT2D eigenvalue weighted by atomic mass is 11.8. The van der Waals surface area contributed by atoms with Gasteiger partial charge in [-0.3, -0.25) is 0 Å². The molecule has 0 aromatic carbocycles. The summed E-state index contributed by atoms with van der Waals surface area (Å²) in [6, 6.07) is 0. The Morgan fingerprint density at radius 3 is 0.636 bits per heavy atom. The van der Waals surface area contributed by atoms with Gasteiger partial charge in [0.15, 0.2) is 0 Å². The van der Waals surface area contributed by atoms with Gasteiger partial charge in [0.05, 0.1) is 0 Å². The van der Waals surface area contributed by atoms with Crippen LogP contribution in [0.3, 0.4) is 0 Å². The van der Waals surface area contributed by atoms with Gasteiger partial charge in [-0.05, 0) is 0 Å². The summed E-state index contributed by atoms with van der Waals surface area (Å²) in [4.78, 5) is 0. The first-order valence-corrected chi connectivity index (χ1v) is 16.5. The monoisotopic (exact) mass is 204 g/mol. The molecule has 0 unspecified atom stereocenters. The third kappa shape index (κ3) is 2.29. The quantitative estimate of drug-likeness (QED) is 0.604. The van der Waals surface area contributed by atoms with Crippen molar-refractivity contribution in [2.24, 2.45) is 0 Å². The van der Waals surface area contributed by atoms with E-state index in [1.54, 1.807) is 0 Å². The van der Waals surface area contributed by atoms with Crippen LogP contribution in [0.5, 0.6) is 0 Å². The van der Waals surface area contributed by atoms with Crippen LogP contribution in [-0.4, -0.2) is 22.3 Å². The van der Waals surface area contributed by atoms with Crippen LogP contribution in [0.25, 0.3) is 0 Å². The number of hydrogen-bond acceptors (Lipinski definition) is 0. The summed E-state index contributed by atoms with van der Waals surface area (Å²) in [5.41, 5.74) is 0. The van der Waals surface area contributed by atoms with E-state index in [9.17, 15) is 0 Å². The predicted molar refractivity (Wildman–Crippen MR) is 64.2 cm³/mol. The molecule has 0 amide bonds. The second-order valence-electron chi connectivity index (χ2n) is 6.12. The average Bonchev–Trinajstić information content (AvgIpc) is 1.58. The lowest BCUT2D eigenvalue weighted by Gasteiger charge is -2.45. The van der Waals surface area contributed by atoms with Crippen molar-refractivity contribution in [3.05, 3.63) is 0 Å². The minimum absolute atomic E-state index is 0.820. The summed E-state index contributed by atoms with van der Waals surface area (Å²) in [6.07, 6.45) is 0. The zero-order chi connectivity index (χ0) is 9.50. The SMILES string of the molecule is C[Si](C)(C)[Si](C)(C)[Si](C)(C)C. The van der Waals surface area contributed by atoms with E-state index in [1.165, 1.54) is 0 Å². The van der Waals surface area contributed by atoms with Crippen molar-refractivity contribution < 1.29 is 0 Å². The van der Waals surface area contributed by atoms with Crippen LogP contribution < -0.4 is 0 Å². The van der Waals surface area contributed by atoms with Crippen LogP contribution in [0, 0.1) is 0 Å². The Morgan fingerprint density at radius 1 is 0.455 bits per heavy atom. The Hall–Kier alpha value is 0.651. The molecule has 0 atom stereocenters. The predicted octanol–water partition coefficient (Wildman–Crippen LogP) is 3.53. The molecule has 68 valence electrons. The summed E-state index contributed by atoms with van der Waals surface area (Å²) >= 11 is 0. The molecular weight excluding hydrogens is 180 g/mol. The molecule has 0 aliphatic carbocycles. The molecule has 0 bridgehead atoms. The molecule has 11 heavy (non-hydrogen) atoms. The lowest BCUT2D eigenvalue weighted by Crippen LogP contribution is -2.67. The molecule has 0 saturated carbocycles. The summed E-state index contributed by atoms with van der Waals surface area (Å²) < 4.78 is 0. The van der Waals surface area contributed by atoms with Crippen molar-refractivity contribution in [1.29, 1.82) is 0 Å². The van der Waals surface area contributed by atoms with Crippen LogP contribution >= 0.6 is 0 Å². The van der Waals surface area contributed by atoms with E-state index in [-0.39, 0.29) is 0 Å². The average molecular weight is 205 g/mol. The highest BCUT2D eigenvalue weighted by molar-refractivity contribution is 7.68. The Kier molecular flexibility index (Phi) is 3.02. The van der Waals surface area contributed by atoms with Gasteiger partial charge in [-0.1, -0.05) is 52.4 Å². The first-order chi connectivity index (χ1) is 4.50. The highest BCUT2D eigenvalue weighted by Crippen LogP contribution is 2.28. The Morgan fingerprint density at radius 2 is 0.636 bits per heavy atom. The maximum absolute atomic E-state index is 2.62. The van der Waals surface area contributed by atoms with E-state index >= 15 is 0 Å². The van der Waals surface area contributed by atoms with Crippen molar-refractivity contribution in [2.45, 2.75) is 52.4 Å². The lowest BCUT2D eigenvalue weighted by molar-refractivity contribution is 1.71. The van der Waals surface area contributed by atoms with E-state index in [0.29, 0.717) is 0 Å². The molecule has 0 aliphatic rings. The first-order valence-electron chi connectivity index (χ1n) is 4.50. The molecule has 3 heteroatoms. The van der Waals surface area contributed by atoms with Crippen molar-refractivity contribution in [1.82, 2.24) is 0 Å². The second kappa shape index (κ2) is 2.85. The standard InChI is InChI=1S/C8H24Si3/c1-9(2,3)11(7,8)10(4,5)6/h1-8H3. The van der Waals surface area contributed by atoms with Crippen LogP contribution in [-0.2, 0) is 0 Å². The Bertz CT molecular complexity index is 120. The summed E-state index contributed by atoms with van der Waals surface area (Å²) in [5, 5.41) is 0. The smallest absolute Gasteiger partial charge is 0.0357 e. The topological polar surface area (TPSA) is 0 Å². The highest BCUT2D eigenvalue weighted by Gasteiger charge is 2.46. The molecule has 0 aliphatic heterocycles. The van der Waals surface area contributed by atoms with Crippen LogP contribution in [0.4, 0.5) is 0 Å². The fourth-order valence-corrected chi connectivity index (χ4v) is 30.4. The molecule has 0 radical (unpaired) electrons. The number of rotatable bonds is 2. The van der Waals surface area contributed by atoms with Gasteiger partial charge in [0.2, 0.25) is 0 Å². The van der Waals surface area contributed by atoms with Crippen LogP contribution in [0.1, 0.15) is 0 Å². The molecule has 0 spiro atoms. The minimum Gasteiger partial charge on any atom is -0.0731 e. The van der Waals surface area contributed by atoms with Crippen molar-refractivity contribution in [3.8, 4) is 0 Å². The second-order valence-corrected chi connectivity index (χ2v) is 36.4. The van der Waals surface area contributed by atoms with E-state index in [4.69, 9.17) is 0 Å². The summed E-state index contributed by atoms with van der Waals surface area (Å²) in [6.45, 7) is 20.6. The van der Waals surface area contributed by atoms with Gasteiger partial charge in [-0.25, -0.2) is 0 Å². The van der Waals surface area contributed by atoms with E-state index in [2.05, 4.69) is 52.4 Å². The third-order valence-corrected chi connectivity index (χ3v) is 47.2. The van der Waals surface area contributed by atoms with Crippen molar-refractivity contribution in [3.63, 3.8) is 0 Å². The molecule has 0 aromatic heterocycles. The van der Waals surface area contributed by atoms with Gasteiger partial charge >= 0.3 is 0 Å². The maximum Gasteiger partial charge on any atom is 0.0357 e. The van der Waals surface area contributed by atoms with E-state index in [1.807, 2.05) is 0 Å². The molecule has 0 N–H and O–H groups in total.